The number of allylic oxidation sites excluding steroid dienone is 12. The minimum atomic E-state index is -4.33. The van der Waals surface area contributed by atoms with Crippen molar-refractivity contribution in [2.45, 2.75) is 142 Å². The van der Waals surface area contributed by atoms with Crippen molar-refractivity contribution in [2.75, 3.05) is 40.9 Å². The molecule has 0 aliphatic carbocycles. The first-order valence-corrected chi connectivity index (χ1v) is 20.8. The van der Waals surface area contributed by atoms with E-state index in [1.54, 1.807) is 0 Å². The molecule has 0 heterocycles. The number of aliphatic hydroxyl groups excluding tert-OH is 1. The molecule has 9 heteroatoms. The van der Waals surface area contributed by atoms with Gasteiger partial charge in [-0.15, -0.1) is 0 Å². The summed E-state index contributed by atoms with van der Waals surface area (Å²) in [5, 5.41) is 13.8. The third-order valence-corrected chi connectivity index (χ3v) is 8.97. The number of carbonyl (C=O) groups is 1. The standard InChI is InChI=1S/C41H73N2O6P/c1-6-8-10-12-14-16-17-18-19-20-21-22-23-24-25-27-29-31-33-35-41(45)42-39(38-49-50(46,47)48-37-36-43(3,4)5)40(44)34-32-30-28-26-15-13-11-9-7-2/h8,10,14,16,18-19,21-22,24-25,29,31,39-40,44H,6-7,9,11-13,15,17,20,23,26-28,30,32-38H2,1-5H3,(H-,42,45,46,47)/p+1/b10-8-,16-14-,19-18-,22-21-,25-24-,31-29-. The Morgan fingerprint density at radius 2 is 1.16 bits per heavy atom. The van der Waals surface area contributed by atoms with Gasteiger partial charge in [-0.1, -0.05) is 145 Å². The zero-order valence-electron chi connectivity index (χ0n) is 32.4. The number of quaternary nitrogens is 1. The van der Waals surface area contributed by atoms with Gasteiger partial charge in [0.15, 0.2) is 0 Å². The summed E-state index contributed by atoms with van der Waals surface area (Å²) >= 11 is 0. The van der Waals surface area contributed by atoms with E-state index in [-0.39, 0.29) is 25.5 Å². The lowest BCUT2D eigenvalue weighted by molar-refractivity contribution is -0.870. The highest BCUT2D eigenvalue weighted by atomic mass is 31.2. The van der Waals surface area contributed by atoms with Gasteiger partial charge in [0.1, 0.15) is 13.2 Å². The van der Waals surface area contributed by atoms with Crippen LogP contribution in [0.5, 0.6) is 0 Å². The number of carbonyl (C=O) groups excluding carboxylic acids is 1. The maximum Gasteiger partial charge on any atom is 0.472 e. The fourth-order valence-electron chi connectivity index (χ4n) is 4.89. The van der Waals surface area contributed by atoms with Gasteiger partial charge < -0.3 is 19.8 Å². The molecule has 0 aromatic rings. The largest absolute Gasteiger partial charge is 0.472 e. The summed E-state index contributed by atoms with van der Waals surface area (Å²) in [5.41, 5.74) is 0. The first-order valence-electron chi connectivity index (χ1n) is 19.3. The molecule has 0 saturated heterocycles. The second-order valence-corrected chi connectivity index (χ2v) is 15.4. The van der Waals surface area contributed by atoms with Crippen LogP contribution < -0.4 is 5.32 Å². The van der Waals surface area contributed by atoms with E-state index in [1.165, 1.54) is 38.5 Å². The zero-order valence-corrected chi connectivity index (χ0v) is 33.2. The van der Waals surface area contributed by atoms with Gasteiger partial charge in [0.05, 0.1) is 39.9 Å². The third kappa shape index (κ3) is 34.4. The number of nitrogens with one attached hydrogen (secondary N) is 1. The summed E-state index contributed by atoms with van der Waals surface area (Å²) in [6.07, 6.45) is 42.3. The van der Waals surface area contributed by atoms with Crippen LogP contribution in [0.2, 0.25) is 0 Å². The molecule has 0 rings (SSSR count). The van der Waals surface area contributed by atoms with Gasteiger partial charge in [-0.25, -0.2) is 4.57 Å². The maximum absolute atomic E-state index is 12.8. The first-order chi connectivity index (χ1) is 24.0. The molecule has 50 heavy (non-hydrogen) atoms. The van der Waals surface area contributed by atoms with Crippen LogP contribution in [0.1, 0.15) is 129 Å². The molecule has 3 atom stereocenters. The van der Waals surface area contributed by atoms with Crippen LogP contribution in [0.3, 0.4) is 0 Å². The molecule has 0 fully saturated rings. The molecule has 3 unspecified atom stereocenters. The predicted molar refractivity (Wildman–Crippen MR) is 212 cm³/mol. The van der Waals surface area contributed by atoms with Crippen molar-refractivity contribution in [1.29, 1.82) is 0 Å². The summed E-state index contributed by atoms with van der Waals surface area (Å²) in [7, 11) is 1.55. The van der Waals surface area contributed by atoms with Gasteiger partial charge in [-0.2, -0.15) is 0 Å². The molecular formula is C41H74N2O6P+. The molecule has 0 spiro atoms. The second-order valence-electron chi connectivity index (χ2n) is 13.9. The molecule has 8 nitrogen and oxygen atoms in total. The number of nitrogens with zero attached hydrogens (tertiary/aromatic N) is 1. The molecule has 3 N–H and O–H groups in total. The number of hydrogen-bond acceptors (Lipinski definition) is 5. The van der Waals surface area contributed by atoms with Gasteiger partial charge in [0, 0.05) is 6.42 Å². The highest BCUT2D eigenvalue weighted by Crippen LogP contribution is 2.43. The van der Waals surface area contributed by atoms with Crippen LogP contribution >= 0.6 is 7.82 Å². The smallest absolute Gasteiger partial charge is 0.391 e. The molecule has 0 aromatic heterocycles. The zero-order chi connectivity index (χ0) is 37.2. The van der Waals surface area contributed by atoms with E-state index >= 15 is 0 Å². The van der Waals surface area contributed by atoms with Crippen molar-refractivity contribution >= 4 is 13.7 Å². The average Bonchev–Trinajstić information content (AvgIpc) is 3.06. The molecule has 0 aromatic carbocycles. The van der Waals surface area contributed by atoms with Crippen molar-refractivity contribution in [1.82, 2.24) is 5.32 Å². The van der Waals surface area contributed by atoms with E-state index in [9.17, 15) is 19.4 Å². The Balaban J connectivity index is 4.57. The highest BCUT2D eigenvalue weighted by Gasteiger charge is 2.28. The van der Waals surface area contributed by atoms with Crippen molar-refractivity contribution < 1.29 is 32.9 Å². The van der Waals surface area contributed by atoms with Crippen LogP contribution in [0.4, 0.5) is 0 Å². The summed E-state index contributed by atoms with van der Waals surface area (Å²) in [5.74, 6) is -0.233. The summed E-state index contributed by atoms with van der Waals surface area (Å²) in [6, 6.07) is -0.802. The van der Waals surface area contributed by atoms with E-state index in [1.807, 2.05) is 33.3 Å². The van der Waals surface area contributed by atoms with E-state index in [0.29, 0.717) is 23.9 Å². The Labute approximate surface area is 306 Å². The van der Waals surface area contributed by atoms with Crippen molar-refractivity contribution in [3.05, 3.63) is 72.9 Å². The SMILES string of the molecule is CC/C=C\C/C=C\C/C=C\C/C=C\C/C=C\C/C=C\CCC(=O)NC(COP(=O)(O)OCC[N+](C)(C)C)C(O)CCCCCCCCCCC. The van der Waals surface area contributed by atoms with Crippen molar-refractivity contribution in [3.8, 4) is 0 Å². The highest BCUT2D eigenvalue weighted by molar-refractivity contribution is 7.47. The van der Waals surface area contributed by atoms with Crippen molar-refractivity contribution in [3.63, 3.8) is 0 Å². The number of unbranched alkanes of at least 4 members (excludes halogenated alkanes) is 8. The van der Waals surface area contributed by atoms with Crippen LogP contribution in [-0.4, -0.2) is 73.4 Å². The summed E-state index contributed by atoms with van der Waals surface area (Å²) in [4.78, 5) is 23.0. The molecule has 1 amide bonds. The van der Waals surface area contributed by atoms with E-state index in [0.717, 1.165) is 57.8 Å². The van der Waals surface area contributed by atoms with Gasteiger partial charge >= 0.3 is 7.82 Å². The summed E-state index contributed by atoms with van der Waals surface area (Å²) < 4.78 is 23.4. The minimum absolute atomic E-state index is 0.0568. The van der Waals surface area contributed by atoms with Crippen LogP contribution in [-0.2, 0) is 18.4 Å². The Kier molecular flexibility index (Phi) is 31.5. The molecule has 0 aliphatic rings. The number of hydrogen-bond donors (Lipinski definition) is 3. The average molecular weight is 722 g/mol. The molecule has 0 bridgehead atoms. The Hall–Kier alpha value is -2.06. The van der Waals surface area contributed by atoms with Crippen LogP contribution in [0.15, 0.2) is 72.9 Å². The first kappa shape index (κ1) is 47.9. The van der Waals surface area contributed by atoms with Crippen LogP contribution in [0, 0.1) is 0 Å². The number of rotatable bonds is 33. The van der Waals surface area contributed by atoms with Gasteiger partial charge in [-0.3, -0.25) is 13.8 Å². The second kappa shape index (κ2) is 32.8. The number of phosphoric acid groups is 1. The molecule has 288 valence electrons. The monoisotopic (exact) mass is 722 g/mol. The Bertz CT molecular complexity index is 1040. The number of phosphoric ester groups is 1. The normalized spacial score (nSPS) is 15.4. The third-order valence-electron chi connectivity index (χ3n) is 7.98. The lowest BCUT2D eigenvalue weighted by atomic mass is 10.0. The number of aliphatic hydroxyl groups is 1. The van der Waals surface area contributed by atoms with Crippen LogP contribution in [0.25, 0.3) is 0 Å². The molecule has 0 aliphatic heterocycles. The van der Waals surface area contributed by atoms with Gasteiger partial charge in [0.25, 0.3) is 0 Å². The maximum atomic E-state index is 12.8. The quantitative estimate of drug-likeness (QED) is 0.0270. The molecular weight excluding hydrogens is 647 g/mol. The topological polar surface area (TPSA) is 105 Å². The van der Waals surface area contributed by atoms with E-state index in [2.05, 4.69) is 79.9 Å². The van der Waals surface area contributed by atoms with E-state index < -0.39 is 20.0 Å². The molecule has 0 radical (unpaired) electrons. The number of likely N-dealkylation sites (N-methyl/N-ethyl adjacent to an activating group) is 1. The van der Waals surface area contributed by atoms with Gasteiger partial charge in [-0.05, 0) is 51.4 Å². The van der Waals surface area contributed by atoms with E-state index in [4.69, 9.17) is 9.05 Å². The lowest BCUT2D eigenvalue weighted by Gasteiger charge is -2.26. The Morgan fingerprint density at radius 1 is 0.700 bits per heavy atom. The minimum Gasteiger partial charge on any atom is -0.391 e. The van der Waals surface area contributed by atoms with Gasteiger partial charge in [0.2, 0.25) is 5.91 Å². The summed E-state index contributed by atoms with van der Waals surface area (Å²) in [6.45, 7) is 4.65. The predicted octanol–water partition coefficient (Wildman–Crippen LogP) is 10.1. The fraction of sp³-hybridized carbons (Fsp3) is 0.683. The number of amides is 1. The lowest BCUT2D eigenvalue weighted by Crippen LogP contribution is -2.46. The Morgan fingerprint density at radius 3 is 1.64 bits per heavy atom. The fourth-order valence-corrected chi connectivity index (χ4v) is 5.62. The van der Waals surface area contributed by atoms with Crippen molar-refractivity contribution in [2.24, 2.45) is 0 Å². The molecule has 0 saturated carbocycles.